The first-order valence-electron chi connectivity index (χ1n) is 11.0. The fraction of sp³-hybridized carbons (Fsp3) is 0.250. The highest BCUT2D eigenvalue weighted by atomic mass is 32.2. The van der Waals surface area contributed by atoms with E-state index in [1.165, 1.54) is 31.9 Å². The number of nitrogens with zero attached hydrogens (tertiary/aromatic N) is 7. The number of aromatic nitrogens is 7. The molecule has 4 rings (SSSR count). The predicted octanol–water partition coefficient (Wildman–Crippen LogP) is 3.34. The fourth-order valence-corrected chi connectivity index (χ4v) is 4.91. The average Bonchev–Trinajstić information content (AvgIpc) is 3.29. The molecule has 0 bridgehead atoms. The Labute approximate surface area is 213 Å². The lowest BCUT2D eigenvalue weighted by Crippen LogP contribution is -2.14. The summed E-state index contributed by atoms with van der Waals surface area (Å²) in [6.07, 6.45) is 5.06. The molecule has 192 valence electrons. The summed E-state index contributed by atoms with van der Waals surface area (Å²) in [6, 6.07) is 5.17. The zero-order valence-corrected chi connectivity index (χ0v) is 21.6. The van der Waals surface area contributed by atoms with Crippen LogP contribution < -0.4 is 9.47 Å². The third-order valence-electron chi connectivity index (χ3n) is 5.61. The summed E-state index contributed by atoms with van der Waals surface area (Å²) < 4.78 is 53.0. The molecule has 4 aromatic rings. The minimum atomic E-state index is -3.95. The maximum Gasteiger partial charge on any atom is 0.189 e. The Balaban J connectivity index is 1.90. The summed E-state index contributed by atoms with van der Waals surface area (Å²) >= 11 is 0. The van der Waals surface area contributed by atoms with Crippen LogP contribution >= 0.6 is 0 Å². The number of methoxy groups -OCH3 is 2. The standard InChI is InChI=1S/C24H24FN7O4S/c1-14-9-26-12-18(29-14)24-31-30-21(32(24)22-19(35-4)7-6-8-20(22)36-5)13-37(33,34)16(3)15(2)23-27-10-17(25)11-28-23/h6-12H,13H2,1-5H3/b16-15+. The van der Waals surface area contributed by atoms with Crippen LogP contribution in [0.4, 0.5) is 4.39 Å². The van der Waals surface area contributed by atoms with Crippen LogP contribution in [0.5, 0.6) is 11.5 Å². The van der Waals surface area contributed by atoms with Gasteiger partial charge in [0.1, 0.15) is 28.6 Å². The smallest absolute Gasteiger partial charge is 0.189 e. The number of ether oxygens (including phenoxy) is 2. The maximum atomic E-state index is 13.5. The Bertz CT molecular complexity index is 1560. The molecule has 0 aliphatic heterocycles. The van der Waals surface area contributed by atoms with Gasteiger partial charge in [-0.05, 0) is 32.9 Å². The lowest BCUT2D eigenvalue weighted by atomic mass is 10.2. The van der Waals surface area contributed by atoms with Gasteiger partial charge in [-0.3, -0.25) is 9.55 Å². The molecule has 13 heteroatoms. The molecule has 3 aromatic heterocycles. The monoisotopic (exact) mass is 525 g/mol. The first-order chi connectivity index (χ1) is 17.7. The van der Waals surface area contributed by atoms with Gasteiger partial charge in [-0.15, -0.1) is 10.2 Å². The van der Waals surface area contributed by atoms with E-state index in [0.717, 1.165) is 12.4 Å². The van der Waals surface area contributed by atoms with E-state index in [1.54, 1.807) is 38.2 Å². The summed E-state index contributed by atoms with van der Waals surface area (Å²) in [5, 5.41) is 8.48. The van der Waals surface area contributed by atoms with Crippen molar-refractivity contribution < 1.29 is 22.3 Å². The lowest BCUT2D eigenvalue weighted by Gasteiger charge is -2.17. The number of halogens is 1. The van der Waals surface area contributed by atoms with E-state index in [2.05, 4.69) is 30.1 Å². The van der Waals surface area contributed by atoms with Gasteiger partial charge in [0.05, 0.1) is 38.5 Å². The van der Waals surface area contributed by atoms with Crippen molar-refractivity contribution in [3.8, 4) is 28.7 Å². The SMILES string of the molecule is COc1cccc(OC)c1-n1c(CS(=O)(=O)/C(C)=C(\C)c2ncc(F)cn2)nnc1-c1cncc(C)n1. The zero-order chi connectivity index (χ0) is 26.7. The molecule has 0 aliphatic carbocycles. The molecule has 0 fully saturated rings. The second-order valence-electron chi connectivity index (χ2n) is 8.00. The Morgan fingerprint density at radius 3 is 2.24 bits per heavy atom. The van der Waals surface area contributed by atoms with Crippen molar-refractivity contribution in [1.29, 1.82) is 0 Å². The average molecular weight is 526 g/mol. The molecule has 1 aromatic carbocycles. The van der Waals surface area contributed by atoms with Crippen LogP contribution in [0, 0.1) is 12.7 Å². The number of hydrogen-bond acceptors (Lipinski definition) is 10. The van der Waals surface area contributed by atoms with E-state index in [4.69, 9.17) is 9.47 Å². The zero-order valence-electron chi connectivity index (χ0n) is 20.8. The predicted molar refractivity (Wildman–Crippen MR) is 133 cm³/mol. The van der Waals surface area contributed by atoms with Crippen molar-refractivity contribution in [3.05, 3.63) is 71.1 Å². The van der Waals surface area contributed by atoms with Crippen molar-refractivity contribution >= 4 is 15.4 Å². The quantitative estimate of drug-likeness (QED) is 0.337. The summed E-state index contributed by atoms with van der Waals surface area (Å²) in [7, 11) is -0.972. The number of sulfone groups is 1. The highest BCUT2D eigenvalue weighted by Crippen LogP contribution is 2.36. The van der Waals surface area contributed by atoms with Crippen LogP contribution in [0.2, 0.25) is 0 Å². The maximum absolute atomic E-state index is 13.5. The molecular formula is C24H24FN7O4S. The largest absolute Gasteiger partial charge is 0.494 e. The van der Waals surface area contributed by atoms with E-state index < -0.39 is 21.4 Å². The number of benzene rings is 1. The molecule has 0 saturated heterocycles. The normalized spacial score (nSPS) is 12.3. The summed E-state index contributed by atoms with van der Waals surface area (Å²) in [4.78, 5) is 16.5. The van der Waals surface area contributed by atoms with E-state index >= 15 is 0 Å². The van der Waals surface area contributed by atoms with Crippen molar-refractivity contribution in [2.45, 2.75) is 26.5 Å². The third kappa shape index (κ3) is 5.16. The van der Waals surface area contributed by atoms with E-state index in [9.17, 15) is 12.8 Å². The van der Waals surface area contributed by atoms with Gasteiger partial charge < -0.3 is 9.47 Å². The van der Waals surface area contributed by atoms with E-state index in [-0.39, 0.29) is 28.0 Å². The van der Waals surface area contributed by atoms with Crippen LogP contribution in [0.15, 0.2) is 47.9 Å². The number of para-hydroxylation sites is 1. The van der Waals surface area contributed by atoms with E-state index in [0.29, 0.717) is 28.6 Å². The van der Waals surface area contributed by atoms with Crippen molar-refractivity contribution in [2.24, 2.45) is 0 Å². The summed E-state index contributed by atoms with van der Waals surface area (Å²) in [6.45, 7) is 4.78. The summed E-state index contributed by atoms with van der Waals surface area (Å²) in [5.41, 5.74) is 1.71. The second-order valence-corrected chi connectivity index (χ2v) is 10.1. The lowest BCUT2D eigenvalue weighted by molar-refractivity contribution is 0.390. The number of rotatable bonds is 8. The molecule has 0 aliphatic rings. The van der Waals surface area contributed by atoms with Crippen LogP contribution in [-0.4, -0.2) is 57.3 Å². The van der Waals surface area contributed by atoms with Gasteiger partial charge in [-0.1, -0.05) is 6.07 Å². The van der Waals surface area contributed by atoms with Crippen LogP contribution in [0.3, 0.4) is 0 Å². The first-order valence-corrected chi connectivity index (χ1v) is 12.6. The van der Waals surface area contributed by atoms with E-state index in [1.807, 2.05) is 0 Å². The molecule has 0 unspecified atom stereocenters. The van der Waals surface area contributed by atoms with Gasteiger partial charge >= 0.3 is 0 Å². The Morgan fingerprint density at radius 1 is 1.00 bits per heavy atom. The Morgan fingerprint density at radius 2 is 1.65 bits per heavy atom. The molecule has 0 spiro atoms. The number of hydrogen-bond donors (Lipinski definition) is 0. The molecule has 0 amide bonds. The first kappa shape index (κ1) is 25.8. The highest BCUT2D eigenvalue weighted by Gasteiger charge is 2.28. The van der Waals surface area contributed by atoms with Gasteiger partial charge in [-0.25, -0.2) is 27.8 Å². The molecule has 0 radical (unpaired) electrons. The Kier molecular flexibility index (Phi) is 7.25. The second kappa shape index (κ2) is 10.4. The molecule has 0 N–H and O–H groups in total. The minimum absolute atomic E-state index is 0.0116. The topological polar surface area (TPSA) is 135 Å². The Hall–Kier alpha value is -4.26. The van der Waals surface area contributed by atoms with Gasteiger partial charge in [-0.2, -0.15) is 0 Å². The van der Waals surface area contributed by atoms with Crippen LogP contribution in [0.1, 0.15) is 31.2 Å². The summed E-state index contributed by atoms with van der Waals surface area (Å²) in [5.74, 6) is 0.113. The molecule has 0 saturated carbocycles. The van der Waals surface area contributed by atoms with Crippen LogP contribution in [0.25, 0.3) is 22.8 Å². The molecule has 0 atom stereocenters. The molecule has 3 heterocycles. The van der Waals surface area contributed by atoms with Gasteiger partial charge in [0.2, 0.25) is 0 Å². The molecular weight excluding hydrogens is 501 g/mol. The van der Waals surface area contributed by atoms with Crippen molar-refractivity contribution in [2.75, 3.05) is 14.2 Å². The number of allylic oxidation sites excluding steroid dienone is 2. The highest BCUT2D eigenvalue weighted by molar-refractivity contribution is 7.94. The molecule has 37 heavy (non-hydrogen) atoms. The van der Waals surface area contributed by atoms with Crippen LogP contribution in [-0.2, 0) is 15.6 Å². The third-order valence-corrected chi connectivity index (χ3v) is 7.49. The van der Waals surface area contributed by atoms with Gasteiger partial charge in [0.25, 0.3) is 0 Å². The fourth-order valence-electron chi connectivity index (χ4n) is 3.61. The van der Waals surface area contributed by atoms with Crippen molar-refractivity contribution in [3.63, 3.8) is 0 Å². The van der Waals surface area contributed by atoms with Gasteiger partial charge in [0.15, 0.2) is 33.1 Å². The number of aryl methyl sites for hydroxylation is 1. The minimum Gasteiger partial charge on any atom is -0.494 e. The van der Waals surface area contributed by atoms with Crippen molar-refractivity contribution in [1.82, 2.24) is 34.7 Å². The molecule has 11 nitrogen and oxygen atoms in total. The van der Waals surface area contributed by atoms with Gasteiger partial charge in [0, 0.05) is 16.7 Å².